The first-order valence-electron chi connectivity index (χ1n) is 9.77. The van der Waals surface area contributed by atoms with E-state index in [0.29, 0.717) is 30.5 Å². The Labute approximate surface area is 173 Å². The van der Waals surface area contributed by atoms with Gasteiger partial charge in [-0.2, -0.15) is 0 Å². The summed E-state index contributed by atoms with van der Waals surface area (Å²) >= 11 is 1.52. The van der Waals surface area contributed by atoms with Crippen LogP contribution in [-0.2, 0) is 4.74 Å². The number of carbonyl (C=O) groups excluding carboxylic acids is 1. The standard InChI is InChI=1S/C22H24FN3O2S/c1-15-6-7-16(2)20-19(15)24-22(29-20)26(9-8-25-10-12-28-13-11-25)21(27)17-4-3-5-18(23)14-17/h3-7,14H,8-13H2,1-2H3. The lowest BCUT2D eigenvalue weighted by Gasteiger charge is -2.29. The predicted molar refractivity (Wildman–Crippen MR) is 114 cm³/mol. The van der Waals surface area contributed by atoms with Crippen LogP contribution in [0.15, 0.2) is 36.4 Å². The van der Waals surface area contributed by atoms with Crippen LogP contribution in [0.25, 0.3) is 10.2 Å². The Hall–Kier alpha value is -2.35. The highest BCUT2D eigenvalue weighted by atomic mass is 32.1. The van der Waals surface area contributed by atoms with E-state index in [4.69, 9.17) is 9.72 Å². The molecule has 0 radical (unpaired) electrons. The van der Waals surface area contributed by atoms with Crippen LogP contribution in [0.3, 0.4) is 0 Å². The van der Waals surface area contributed by atoms with Crippen molar-refractivity contribution in [1.82, 2.24) is 9.88 Å². The maximum Gasteiger partial charge on any atom is 0.260 e. The Morgan fingerprint density at radius 1 is 1.21 bits per heavy atom. The van der Waals surface area contributed by atoms with E-state index in [1.54, 1.807) is 17.0 Å². The molecule has 0 N–H and O–H groups in total. The van der Waals surface area contributed by atoms with Gasteiger partial charge in [-0.25, -0.2) is 9.37 Å². The number of amides is 1. The molecular weight excluding hydrogens is 389 g/mol. The molecule has 1 saturated heterocycles. The lowest BCUT2D eigenvalue weighted by atomic mass is 10.1. The second kappa shape index (κ2) is 8.57. The summed E-state index contributed by atoms with van der Waals surface area (Å²) in [5, 5.41) is 0.653. The van der Waals surface area contributed by atoms with Gasteiger partial charge in [0.15, 0.2) is 5.13 Å². The molecule has 0 atom stereocenters. The second-order valence-electron chi connectivity index (χ2n) is 7.29. The first kappa shape index (κ1) is 19.9. The van der Waals surface area contributed by atoms with Crippen LogP contribution in [0.5, 0.6) is 0 Å². The van der Waals surface area contributed by atoms with Crippen molar-refractivity contribution < 1.29 is 13.9 Å². The van der Waals surface area contributed by atoms with Gasteiger partial charge in [-0.05, 0) is 43.2 Å². The van der Waals surface area contributed by atoms with E-state index < -0.39 is 5.82 Å². The lowest BCUT2D eigenvalue weighted by molar-refractivity contribution is 0.0391. The molecule has 3 aromatic rings. The number of thiazole rings is 1. The fourth-order valence-corrected chi connectivity index (χ4v) is 4.63. The van der Waals surface area contributed by atoms with Crippen LogP contribution in [-0.4, -0.2) is 55.2 Å². The molecule has 152 valence electrons. The van der Waals surface area contributed by atoms with Crippen molar-refractivity contribution in [3.05, 3.63) is 58.9 Å². The molecule has 29 heavy (non-hydrogen) atoms. The van der Waals surface area contributed by atoms with Crippen molar-refractivity contribution in [2.24, 2.45) is 0 Å². The third-order valence-corrected chi connectivity index (χ3v) is 6.44. The molecular formula is C22H24FN3O2S. The summed E-state index contributed by atoms with van der Waals surface area (Å²) in [6.45, 7) is 8.40. The van der Waals surface area contributed by atoms with Gasteiger partial charge in [0.2, 0.25) is 0 Å². The van der Waals surface area contributed by atoms with Gasteiger partial charge in [0.05, 0.1) is 23.4 Å². The molecule has 0 aliphatic carbocycles. The van der Waals surface area contributed by atoms with Gasteiger partial charge in [-0.1, -0.05) is 29.5 Å². The monoisotopic (exact) mass is 413 g/mol. The summed E-state index contributed by atoms with van der Waals surface area (Å²) in [6, 6.07) is 9.97. The summed E-state index contributed by atoms with van der Waals surface area (Å²) < 4.78 is 20.2. The highest BCUT2D eigenvalue weighted by Gasteiger charge is 2.24. The van der Waals surface area contributed by atoms with Gasteiger partial charge in [0, 0.05) is 31.7 Å². The van der Waals surface area contributed by atoms with Crippen LogP contribution in [0.4, 0.5) is 9.52 Å². The molecule has 4 rings (SSSR count). The summed E-state index contributed by atoms with van der Waals surface area (Å²) in [7, 11) is 0. The number of carbonyl (C=O) groups is 1. The van der Waals surface area contributed by atoms with Gasteiger partial charge in [-0.3, -0.25) is 14.6 Å². The second-order valence-corrected chi connectivity index (χ2v) is 8.27. The maximum atomic E-state index is 13.7. The summed E-state index contributed by atoms with van der Waals surface area (Å²) in [6.07, 6.45) is 0. The van der Waals surface area contributed by atoms with E-state index in [2.05, 4.69) is 17.9 Å². The van der Waals surface area contributed by atoms with E-state index in [1.165, 1.54) is 23.5 Å². The number of morpholine rings is 1. The third kappa shape index (κ3) is 4.32. The molecule has 1 fully saturated rings. The van der Waals surface area contributed by atoms with Crippen molar-refractivity contribution in [2.75, 3.05) is 44.3 Å². The number of ether oxygens (including phenoxy) is 1. The number of aromatic nitrogens is 1. The normalized spacial score (nSPS) is 15.0. The first-order chi connectivity index (χ1) is 14.0. The average molecular weight is 414 g/mol. The number of hydrogen-bond acceptors (Lipinski definition) is 5. The number of fused-ring (bicyclic) bond motifs is 1. The molecule has 0 spiro atoms. The van der Waals surface area contributed by atoms with Crippen LogP contribution in [0, 0.1) is 19.7 Å². The number of benzene rings is 2. The first-order valence-corrected chi connectivity index (χ1v) is 10.6. The van der Waals surface area contributed by atoms with E-state index in [9.17, 15) is 9.18 Å². The molecule has 7 heteroatoms. The summed E-state index contributed by atoms with van der Waals surface area (Å²) in [4.78, 5) is 22.1. The molecule has 1 aliphatic rings. The zero-order chi connectivity index (χ0) is 20.4. The quantitative estimate of drug-likeness (QED) is 0.634. The van der Waals surface area contributed by atoms with Crippen molar-refractivity contribution in [3.8, 4) is 0 Å². The molecule has 0 bridgehead atoms. The predicted octanol–water partition coefficient (Wildman–Crippen LogP) is 4.03. The zero-order valence-electron chi connectivity index (χ0n) is 16.7. The van der Waals surface area contributed by atoms with Crippen LogP contribution in [0.2, 0.25) is 0 Å². The Balaban J connectivity index is 1.68. The third-order valence-electron chi connectivity index (χ3n) is 5.22. The van der Waals surface area contributed by atoms with Gasteiger partial charge in [-0.15, -0.1) is 0 Å². The number of halogens is 1. The molecule has 1 amide bonds. The molecule has 2 aromatic carbocycles. The molecule has 5 nitrogen and oxygen atoms in total. The highest BCUT2D eigenvalue weighted by Crippen LogP contribution is 2.33. The van der Waals surface area contributed by atoms with Crippen molar-refractivity contribution in [1.29, 1.82) is 0 Å². The fourth-order valence-electron chi connectivity index (χ4n) is 3.49. The number of rotatable bonds is 5. The van der Waals surface area contributed by atoms with Gasteiger partial charge < -0.3 is 4.74 Å². The molecule has 1 aliphatic heterocycles. The van der Waals surface area contributed by atoms with Crippen molar-refractivity contribution in [2.45, 2.75) is 13.8 Å². The molecule has 1 aromatic heterocycles. The lowest BCUT2D eigenvalue weighted by Crippen LogP contribution is -2.43. The molecule has 0 unspecified atom stereocenters. The number of nitrogens with zero attached hydrogens (tertiary/aromatic N) is 3. The number of hydrogen-bond donors (Lipinski definition) is 0. The number of aryl methyl sites for hydroxylation is 2. The van der Waals surface area contributed by atoms with Crippen molar-refractivity contribution >= 4 is 32.6 Å². The van der Waals surface area contributed by atoms with Gasteiger partial charge >= 0.3 is 0 Å². The minimum Gasteiger partial charge on any atom is -0.379 e. The minimum atomic E-state index is -0.417. The van der Waals surface area contributed by atoms with E-state index >= 15 is 0 Å². The minimum absolute atomic E-state index is 0.230. The smallest absolute Gasteiger partial charge is 0.260 e. The van der Waals surface area contributed by atoms with Gasteiger partial charge in [0.1, 0.15) is 5.82 Å². The Morgan fingerprint density at radius 2 is 1.97 bits per heavy atom. The Kier molecular flexibility index (Phi) is 5.89. The SMILES string of the molecule is Cc1ccc(C)c2sc(N(CCN3CCOCC3)C(=O)c3cccc(F)c3)nc12. The number of anilines is 1. The van der Waals surface area contributed by atoms with Gasteiger partial charge in [0.25, 0.3) is 5.91 Å². The average Bonchev–Trinajstić information content (AvgIpc) is 3.18. The largest absolute Gasteiger partial charge is 0.379 e. The maximum absolute atomic E-state index is 13.7. The Bertz CT molecular complexity index is 991. The van der Waals surface area contributed by atoms with E-state index in [0.717, 1.165) is 41.0 Å². The van der Waals surface area contributed by atoms with E-state index in [1.807, 2.05) is 13.0 Å². The van der Waals surface area contributed by atoms with Crippen LogP contribution in [0.1, 0.15) is 21.5 Å². The Morgan fingerprint density at radius 3 is 2.69 bits per heavy atom. The van der Waals surface area contributed by atoms with E-state index in [-0.39, 0.29) is 5.91 Å². The van der Waals surface area contributed by atoms with Crippen LogP contribution < -0.4 is 4.90 Å². The summed E-state index contributed by atoms with van der Waals surface area (Å²) in [5.74, 6) is -0.646. The molecule has 2 heterocycles. The highest BCUT2D eigenvalue weighted by molar-refractivity contribution is 7.22. The zero-order valence-corrected chi connectivity index (χ0v) is 17.5. The molecule has 0 saturated carbocycles. The topological polar surface area (TPSA) is 45.7 Å². The van der Waals surface area contributed by atoms with Crippen LogP contribution >= 0.6 is 11.3 Å². The summed E-state index contributed by atoms with van der Waals surface area (Å²) in [5.41, 5.74) is 3.48. The fraction of sp³-hybridized carbons (Fsp3) is 0.364. The van der Waals surface area contributed by atoms with Crippen molar-refractivity contribution in [3.63, 3.8) is 0 Å².